The van der Waals surface area contributed by atoms with E-state index in [1.54, 1.807) is 42.2 Å². The number of anilines is 1. The zero-order valence-electron chi connectivity index (χ0n) is 13.2. The van der Waals surface area contributed by atoms with Crippen molar-refractivity contribution in [3.8, 4) is 5.75 Å². The zero-order valence-corrected chi connectivity index (χ0v) is 14.0. The van der Waals surface area contributed by atoms with Gasteiger partial charge in [-0.1, -0.05) is 12.8 Å². The summed E-state index contributed by atoms with van der Waals surface area (Å²) in [6.07, 6.45) is 7.29. The fourth-order valence-corrected chi connectivity index (χ4v) is 4.32. The van der Waals surface area contributed by atoms with Gasteiger partial charge in [-0.15, -0.1) is 11.8 Å². The lowest BCUT2D eigenvalue weighted by Crippen LogP contribution is -2.46. The standard InChI is InChI=1S/C16H21N3O3S/c1-22-14-6-7-17-8-12(14)18-15(20)13-9-23-10-19(13)16(21)11-4-2-3-5-11/h6-8,11,13H,2-5,9-10H2,1H3,(H,18,20)/t13-/m1/s1. The molecule has 124 valence electrons. The zero-order chi connectivity index (χ0) is 16.2. The SMILES string of the molecule is COc1ccncc1NC(=O)[C@H]1CSCN1C(=O)C1CCCC1. The number of ether oxygens (including phenoxy) is 1. The lowest BCUT2D eigenvalue weighted by Gasteiger charge is -2.26. The van der Waals surface area contributed by atoms with Crippen LogP contribution in [-0.2, 0) is 9.59 Å². The van der Waals surface area contributed by atoms with Crippen molar-refractivity contribution in [3.05, 3.63) is 18.5 Å². The summed E-state index contributed by atoms with van der Waals surface area (Å²) >= 11 is 1.62. The second-order valence-corrected chi connectivity index (χ2v) is 6.87. The van der Waals surface area contributed by atoms with Crippen molar-refractivity contribution >= 4 is 29.3 Å². The summed E-state index contributed by atoms with van der Waals surface area (Å²) in [7, 11) is 1.55. The molecule has 3 rings (SSSR count). The average Bonchev–Trinajstić information content (AvgIpc) is 3.26. The highest BCUT2D eigenvalue weighted by molar-refractivity contribution is 7.99. The van der Waals surface area contributed by atoms with Gasteiger partial charge in [-0.2, -0.15) is 0 Å². The highest BCUT2D eigenvalue weighted by atomic mass is 32.2. The molecule has 2 heterocycles. The summed E-state index contributed by atoms with van der Waals surface area (Å²) in [6.45, 7) is 0. The number of pyridine rings is 1. The van der Waals surface area contributed by atoms with Crippen LogP contribution in [0.25, 0.3) is 0 Å². The smallest absolute Gasteiger partial charge is 0.248 e. The summed E-state index contributed by atoms with van der Waals surface area (Å²) < 4.78 is 5.22. The van der Waals surface area contributed by atoms with Crippen LogP contribution in [0.1, 0.15) is 25.7 Å². The van der Waals surface area contributed by atoms with Gasteiger partial charge in [0, 0.05) is 23.9 Å². The quantitative estimate of drug-likeness (QED) is 0.912. The van der Waals surface area contributed by atoms with Crippen LogP contribution in [-0.4, -0.2) is 46.5 Å². The van der Waals surface area contributed by atoms with Crippen LogP contribution in [0.5, 0.6) is 5.75 Å². The summed E-state index contributed by atoms with van der Waals surface area (Å²) in [5, 5.41) is 2.85. The van der Waals surface area contributed by atoms with Gasteiger partial charge in [0.05, 0.1) is 19.2 Å². The molecule has 0 bridgehead atoms. The largest absolute Gasteiger partial charge is 0.494 e. The Morgan fingerprint density at radius 2 is 2.17 bits per heavy atom. The van der Waals surface area contributed by atoms with E-state index in [-0.39, 0.29) is 17.7 Å². The van der Waals surface area contributed by atoms with Crippen molar-refractivity contribution in [2.75, 3.05) is 24.1 Å². The molecule has 1 saturated carbocycles. The second kappa shape index (κ2) is 7.21. The van der Waals surface area contributed by atoms with Gasteiger partial charge in [0.1, 0.15) is 17.5 Å². The minimum Gasteiger partial charge on any atom is -0.494 e. The van der Waals surface area contributed by atoms with Gasteiger partial charge in [-0.05, 0) is 12.8 Å². The number of thioether (sulfide) groups is 1. The first-order valence-electron chi connectivity index (χ1n) is 7.88. The third-order valence-electron chi connectivity index (χ3n) is 4.43. The number of aromatic nitrogens is 1. The van der Waals surface area contributed by atoms with Crippen LogP contribution in [0.4, 0.5) is 5.69 Å². The molecular formula is C16H21N3O3S. The number of amides is 2. The number of nitrogens with zero attached hydrogens (tertiary/aromatic N) is 2. The Hall–Kier alpha value is -1.76. The molecule has 1 aliphatic heterocycles. The molecule has 0 spiro atoms. The van der Waals surface area contributed by atoms with Crippen LogP contribution < -0.4 is 10.1 Å². The van der Waals surface area contributed by atoms with Crippen LogP contribution in [0.15, 0.2) is 18.5 Å². The molecule has 0 aromatic carbocycles. The lowest BCUT2D eigenvalue weighted by atomic mass is 10.1. The maximum atomic E-state index is 12.6. The Morgan fingerprint density at radius 3 is 2.91 bits per heavy atom. The number of hydrogen-bond acceptors (Lipinski definition) is 5. The Labute approximate surface area is 140 Å². The molecule has 2 fully saturated rings. The third kappa shape index (κ3) is 3.44. The minimum absolute atomic E-state index is 0.0944. The maximum Gasteiger partial charge on any atom is 0.248 e. The average molecular weight is 335 g/mol. The highest BCUT2D eigenvalue weighted by Crippen LogP contribution is 2.31. The second-order valence-electron chi connectivity index (χ2n) is 5.87. The maximum absolute atomic E-state index is 12.6. The van der Waals surface area contributed by atoms with Crippen LogP contribution in [0.2, 0.25) is 0 Å². The first kappa shape index (κ1) is 16.1. The number of methoxy groups -OCH3 is 1. The summed E-state index contributed by atoms with van der Waals surface area (Å²) in [6, 6.07) is 1.28. The van der Waals surface area contributed by atoms with Crippen LogP contribution >= 0.6 is 11.8 Å². The van der Waals surface area contributed by atoms with Gasteiger partial charge in [0.25, 0.3) is 0 Å². The summed E-state index contributed by atoms with van der Waals surface area (Å²) in [5.41, 5.74) is 0.533. The van der Waals surface area contributed by atoms with E-state index >= 15 is 0 Å². The number of nitrogens with one attached hydrogen (secondary N) is 1. The predicted molar refractivity (Wildman–Crippen MR) is 89.3 cm³/mol. The van der Waals surface area contributed by atoms with Gasteiger partial charge >= 0.3 is 0 Å². The van der Waals surface area contributed by atoms with Crippen LogP contribution in [0, 0.1) is 5.92 Å². The van der Waals surface area contributed by atoms with Gasteiger partial charge in [-0.25, -0.2) is 0 Å². The van der Waals surface area contributed by atoms with Gasteiger partial charge in [-0.3, -0.25) is 14.6 Å². The molecule has 2 aliphatic rings. The molecule has 1 N–H and O–H groups in total. The molecule has 1 aromatic heterocycles. The van der Waals surface area contributed by atoms with Crippen molar-refractivity contribution in [1.29, 1.82) is 0 Å². The van der Waals surface area contributed by atoms with E-state index in [1.165, 1.54) is 0 Å². The summed E-state index contributed by atoms with van der Waals surface area (Å²) in [5.74, 6) is 1.84. The Balaban J connectivity index is 1.69. The van der Waals surface area contributed by atoms with E-state index in [0.29, 0.717) is 23.1 Å². The number of hydrogen-bond donors (Lipinski definition) is 1. The molecule has 1 atom stereocenters. The molecule has 6 nitrogen and oxygen atoms in total. The van der Waals surface area contributed by atoms with Crippen molar-refractivity contribution in [1.82, 2.24) is 9.88 Å². The topological polar surface area (TPSA) is 71.5 Å². The number of carbonyl (C=O) groups is 2. The van der Waals surface area contributed by atoms with E-state index < -0.39 is 6.04 Å². The Bertz CT molecular complexity index is 590. The van der Waals surface area contributed by atoms with Crippen molar-refractivity contribution in [2.45, 2.75) is 31.7 Å². The van der Waals surface area contributed by atoms with Crippen molar-refractivity contribution in [2.24, 2.45) is 5.92 Å². The Kier molecular flexibility index (Phi) is 5.05. The van der Waals surface area contributed by atoms with E-state index in [4.69, 9.17) is 4.74 Å². The molecule has 23 heavy (non-hydrogen) atoms. The predicted octanol–water partition coefficient (Wildman–Crippen LogP) is 2.12. The molecule has 1 saturated heterocycles. The van der Waals surface area contributed by atoms with Gasteiger partial charge in [0.15, 0.2) is 0 Å². The molecule has 0 unspecified atom stereocenters. The van der Waals surface area contributed by atoms with Crippen molar-refractivity contribution < 1.29 is 14.3 Å². The third-order valence-corrected chi connectivity index (χ3v) is 5.44. The summed E-state index contributed by atoms with van der Waals surface area (Å²) in [4.78, 5) is 31.0. The lowest BCUT2D eigenvalue weighted by molar-refractivity contribution is -0.139. The van der Waals surface area contributed by atoms with E-state index in [2.05, 4.69) is 10.3 Å². The Morgan fingerprint density at radius 1 is 1.39 bits per heavy atom. The molecule has 7 heteroatoms. The van der Waals surface area contributed by atoms with Crippen LogP contribution in [0.3, 0.4) is 0 Å². The fraction of sp³-hybridized carbons (Fsp3) is 0.562. The molecule has 1 aliphatic carbocycles. The molecule has 0 radical (unpaired) electrons. The minimum atomic E-state index is -0.419. The molecular weight excluding hydrogens is 314 g/mol. The fourth-order valence-electron chi connectivity index (χ4n) is 3.15. The van der Waals surface area contributed by atoms with Gasteiger partial charge < -0.3 is 15.0 Å². The monoisotopic (exact) mass is 335 g/mol. The normalized spacial score (nSPS) is 21.4. The molecule has 1 aromatic rings. The number of rotatable bonds is 4. The van der Waals surface area contributed by atoms with E-state index in [1.807, 2.05) is 0 Å². The van der Waals surface area contributed by atoms with E-state index in [9.17, 15) is 9.59 Å². The molecule has 2 amide bonds. The highest BCUT2D eigenvalue weighted by Gasteiger charge is 2.38. The van der Waals surface area contributed by atoms with E-state index in [0.717, 1.165) is 25.7 Å². The first-order valence-corrected chi connectivity index (χ1v) is 9.03. The van der Waals surface area contributed by atoms with Crippen molar-refractivity contribution in [3.63, 3.8) is 0 Å². The van der Waals surface area contributed by atoms with Gasteiger partial charge in [0.2, 0.25) is 11.8 Å². The number of carbonyl (C=O) groups excluding carboxylic acids is 2. The first-order chi connectivity index (χ1) is 11.2.